The zero-order valence-electron chi connectivity index (χ0n) is 11.0. The second-order valence-corrected chi connectivity index (χ2v) is 5.35. The number of carbonyl (C=O) groups is 1. The summed E-state index contributed by atoms with van der Waals surface area (Å²) in [5.74, 6) is -0.465. The van der Waals surface area contributed by atoms with Crippen LogP contribution in [0.5, 0.6) is 0 Å². The predicted octanol–water partition coefficient (Wildman–Crippen LogP) is 2.38. The zero-order valence-corrected chi connectivity index (χ0v) is 11.0. The molecule has 18 heavy (non-hydrogen) atoms. The number of allylic oxidation sites excluding steroid dienone is 2. The van der Waals surface area contributed by atoms with Crippen LogP contribution in [0, 0.1) is 11.8 Å². The molecule has 1 heterocycles. The molecule has 2 aliphatic rings. The number of hydrogen-bond acceptors (Lipinski definition) is 3. The third-order valence-corrected chi connectivity index (χ3v) is 4.07. The minimum absolute atomic E-state index is 0.225. The Bertz CT molecular complexity index is 445. The highest BCUT2D eigenvalue weighted by Gasteiger charge is 2.39. The Morgan fingerprint density at radius 3 is 2.72 bits per heavy atom. The monoisotopic (exact) mass is 248 g/mol. The number of aliphatic hydroxyl groups is 1. The van der Waals surface area contributed by atoms with Crippen molar-refractivity contribution in [2.45, 2.75) is 32.8 Å². The van der Waals surface area contributed by atoms with E-state index < -0.39 is 6.10 Å². The summed E-state index contributed by atoms with van der Waals surface area (Å²) in [7, 11) is 0. The number of carbonyl (C=O) groups excluding carboxylic acids is 1. The topological polar surface area (TPSA) is 46.5 Å². The van der Waals surface area contributed by atoms with Crippen LogP contribution in [0.15, 0.2) is 35.5 Å². The molecule has 0 radical (unpaired) electrons. The van der Waals surface area contributed by atoms with Gasteiger partial charge in [-0.15, -0.1) is 0 Å². The fraction of sp³-hybridized carbons (Fsp3) is 0.533. The van der Waals surface area contributed by atoms with Crippen molar-refractivity contribution in [2.75, 3.05) is 6.61 Å². The Hall–Kier alpha value is -1.35. The maximum atomic E-state index is 11.3. The highest BCUT2D eigenvalue weighted by molar-refractivity contribution is 5.90. The second-order valence-electron chi connectivity index (χ2n) is 5.35. The molecule has 0 saturated carbocycles. The summed E-state index contributed by atoms with van der Waals surface area (Å²) < 4.78 is 4.95. The molecule has 2 rings (SSSR count). The maximum Gasteiger partial charge on any atom is 0.333 e. The van der Waals surface area contributed by atoms with Gasteiger partial charge in [-0.2, -0.15) is 0 Å². The van der Waals surface area contributed by atoms with Gasteiger partial charge in [-0.3, -0.25) is 0 Å². The molecule has 98 valence electrons. The molecule has 0 aromatic carbocycles. The van der Waals surface area contributed by atoms with Crippen LogP contribution in [0.2, 0.25) is 0 Å². The lowest BCUT2D eigenvalue weighted by molar-refractivity contribution is -0.135. The number of aliphatic hydroxyl groups excluding tert-OH is 1. The number of esters is 1. The molecule has 1 saturated heterocycles. The van der Waals surface area contributed by atoms with Crippen molar-refractivity contribution in [3.8, 4) is 0 Å². The minimum atomic E-state index is -0.673. The molecule has 0 aromatic heterocycles. The molecule has 1 aliphatic carbocycles. The van der Waals surface area contributed by atoms with Crippen LogP contribution in [-0.4, -0.2) is 23.8 Å². The molecule has 3 heteroatoms. The van der Waals surface area contributed by atoms with E-state index >= 15 is 0 Å². The van der Waals surface area contributed by atoms with Gasteiger partial charge in [0.05, 0.1) is 12.0 Å². The van der Waals surface area contributed by atoms with Gasteiger partial charge in [-0.05, 0) is 32.3 Å². The van der Waals surface area contributed by atoms with E-state index in [4.69, 9.17) is 4.74 Å². The molecule has 3 nitrogen and oxygen atoms in total. The summed E-state index contributed by atoms with van der Waals surface area (Å²) in [6.45, 7) is 12.0. The molecule has 1 N–H and O–H groups in total. The minimum Gasteiger partial charge on any atom is -0.462 e. The fourth-order valence-electron chi connectivity index (χ4n) is 2.94. The first-order chi connectivity index (χ1) is 8.43. The SMILES string of the molecule is C=C(C)[C@H]1CCC(C)=C1[C@H](O)[C@@H]1COC(=O)C1=C. The third kappa shape index (κ3) is 2.03. The van der Waals surface area contributed by atoms with Gasteiger partial charge in [0, 0.05) is 11.5 Å². The van der Waals surface area contributed by atoms with E-state index in [1.165, 1.54) is 5.57 Å². The first kappa shape index (κ1) is 13.1. The molecule has 0 spiro atoms. The Morgan fingerprint density at radius 2 is 2.22 bits per heavy atom. The van der Waals surface area contributed by atoms with Crippen LogP contribution in [0.25, 0.3) is 0 Å². The second kappa shape index (κ2) is 4.73. The lowest BCUT2D eigenvalue weighted by Gasteiger charge is -2.24. The van der Waals surface area contributed by atoms with E-state index in [1.807, 2.05) is 13.8 Å². The van der Waals surface area contributed by atoms with Crippen LogP contribution in [0.3, 0.4) is 0 Å². The summed E-state index contributed by atoms with van der Waals surface area (Å²) >= 11 is 0. The molecule has 3 atom stereocenters. The smallest absolute Gasteiger partial charge is 0.333 e. The van der Waals surface area contributed by atoms with Crippen LogP contribution in [0.1, 0.15) is 26.7 Å². The number of ether oxygens (including phenoxy) is 1. The molecular weight excluding hydrogens is 228 g/mol. The molecule has 0 unspecified atom stereocenters. The van der Waals surface area contributed by atoms with Gasteiger partial charge >= 0.3 is 5.97 Å². The van der Waals surface area contributed by atoms with Crippen molar-refractivity contribution in [3.05, 3.63) is 35.5 Å². The van der Waals surface area contributed by atoms with Crippen LogP contribution >= 0.6 is 0 Å². The third-order valence-electron chi connectivity index (χ3n) is 4.07. The van der Waals surface area contributed by atoms with E-state index in [1.54, 1.807) is 0 Å². The van der Waals surface area contributed by atoms with Crippen LogP contribution in [-0.2, 0) is 9.53 Å². The Morgan fingerprint density at radius 1 is 1.56 bits per heavy atom. The number of hydrogen-bond donors (Lipinski definition) is 1. The van der Waals surface area contributed by atoms with Gasteiger partial charge in [0.2, 0.25) is 0 Å². The van der Waals surface area contributed by atoms with Gasteiger partial charge in [0.15, 0.2) is 0 Å². The Kier molecular flexibility index (Phi) is 3.44. The largest absolute Gasteiger partial charge is 0.462 e. The standard InChI is InChI=1S/C15H20O3/c1-8(2)11-6-5-9(3)13(11)14(16)12-7-18-15(17)10(12)4/h11-12,14,16H,1,4-7H2,2-3H3/t11-,12-,14-/m1/s1. The normalized spacial score (nSPS) is 29.7. The summed E-state index contributed by atoms with van der Waals surface area (Å²) in [5.41, 5.74) is 3.68. The summed E-state index contributed by atoms with van der Waals surface area (Å²) in [5, 5.41) is 10.5. The molecule has 1 fully saturated rings. The van der Waals surface area contributed by atoms with Gasteiger partial charge in [-0.1, -0.05) is 24.3 Å². The predicted molar refractivity (Wildman–Crippen MR) is 69.8 cm³/mol. The first-order valence-corrected chi connectivity index (χ1v) is 6.32. The van der Waals surface area contributed by atoms with Crippen molar-refractivity contribution in [1.82, 2.24) is 0 Å². The van der Waals surface area contributed by atoms with Crippen molar-refractivity contribution in [1.29, 1.82) is 0 Å². The molecule has 0 amide bonds. The van der Waals surface area contributed by atoms with Crippen molar-refractivity contribution >= 4 is 5.97 Å². The van der Waals surface area contributed by atoms with Crippen molar-refractivity contribution in [2.24, 2.45) is 11.8 Å². The van der Waals surface area contributed by atoms with E-state index in [0.29, 0.717) is 5.57 Å². The lowest BCUT2D eigenvalue weighted by atomic mass is 9.83. The van der Waals surface area contributed by atoms with Gasteiger partial charge < -0.3 is 9.84 Å². The van der Waals surface area contributed by atoms with Gasteiger partial charge in [-0.25, -0.2) is 4.79 Å². The summed E-state index contributed by atoms with van der Waals surface area (Å²) in [6.07, 6.45) is 1.31. The van der Waals surface area contributed by atoms with Crippen molar-refractivity contribution < 1.29 is 14.6 Å². The van der Waals surface area contributed by atoms with Crippen molar-refractivity contribution in [3.63, 3.8) is 0 Å². The average Bonchev–Trinajstić information content (AvgIpc) is 2.84. The molecule has 1 aliphatic heterocycles. The fourth-order valence-corrected chi connectivity index (χ4v) is 2.94. The maximum absolute atomic E-state index is 11.3. The van der Waals surface area contributed by atoms with Crippen LogP contribution in [0.4, 0.5) is 0 Å². The van der Waals surface area contributed by atoms with Gasteiger partial charge in [0.25, 0.3) is 0 Å². The van der Waals surface area contributed by atoms with E-state index in [9.17, 15) is 9.90 Å². The lowest BCUT2D eigenvalue weighted by Crippen LogP contribution is -2.27. The molecular formula is C15H20O3. The average molecular weight is 248 g/mol. The van der Waals surface area contributed by atoms with E-state index in [2.05, 4.69) is 13.2 Å². The molecule has 0 bridgehead atoms. The highest BCUT2D eigenvalue weighted by atomic mass is 16.5. The van der Waals surface area contributed by atoms with E-state index in [-0.39, 0.29) is 24.4 Å². The first-order valence-electron chi connectivity index (χ1n) is 6.32. The number of cyclic esters (lactones) is 1. The van der Waals surface area contributed by atoms with Gasteiger partial charge in [0.1, 0.15) is 6.61 Å². The quantitative estimate of drug-likeness (QED) is 0.474. The Balaban J connectivity index is 2.25. The molecule has 0 aromatic rings. The summed E-state index contributed by atoms with van der Waals surface area (Å²) in [4.78, 5) is 11.3. The highest BCUT2D eigenvalue weighted by Crippen LogP contribution is 2.41. The van der Waals surface area contributed by atoms with E-state index in [0.717, 1.165) is 24.0 Å². The van der Waals surface area contributed by atoms with Crippen LogP contribution < -0.4 is 0 Å². The summed E-state index contributed by atoms with van der Waals surface area (Å²) in [6, 6.07) is 0. The Labute approximate surface area is 108 Å². The zero-order chi connectivity index (χ0) is 13.4. The number of rotatable bonds is 3.